The molecule has 8 nitrogen and oxygen atoms in total. The van der Waals surface area contributed by atoms with Crippen molar-refractivity contribution in [3.05, 3.63) is 112 Å². The maximum Gasteiger partial charge on any atom is 0.285 e. The lowest BCUT2D eigenvalue weighted by atomic mass is 10.1. The summed E-state index contributed by atoms with van der Waals surface area (Å²) in [5.41, 5.74) is 2.29. The summed E-state index contributed by atoms with van der Waals surface area (Å²) < 4.78 is 32.8. The van der Waals surface area contributed by atoms with Gasteiger partial charge in [-0.15, -0.1) is 4.40 Å². The molecule has 4 aromatic carbocycles. The minimum absolute atomic E-state index is 0.0422. The highest BCUT2D eigenvalue weighted by Gasteiger charge is 2.32. The Morgan fingerprint density at radius 3 is 2.10 bits per heavy atom. The van der Waals surface area contributed by atoms with Gasteiger partial charge in [0.15, 0.2) is 5.17 Å². The van der Waals surface area contributed by atoms with Crippen LogP contribution >= 0.6 is 23.4 Å². The van der Waals surface area contributed by atoms with Gasteiger partial charge in [0.05, 0.1) is 21.6 Å². The number of aromatic nitrogens is 2. The quantitative estimate of drug-likeness (QED) is 0.259. The highest BCUT2D eigenvalue weighted by molar-refractivity contribution is 8.15. The first-order chi connectivity index (χ1) is 20.4. The summed E-state index contributed by atoms with van der Waals surface area (Å²) in [6.07, 6.45) is 0. The number of para-hydroxylation sites is 3. The fourth-order valence-corrected chi connectivity index (χ4v) is 8.35. The Kier molecular flexibility index (Phi) is 6.76. The van der Waals surface area contributed by atoms with Gasteiger partial charge in [0, 0.05) is 42.3 Å². The van der Waals surface area contributed by atoms with Gasteiger partial charge in [-0.25, -0.2) is 4.98 Å². The molecule has 0 amide bonds. The fourth-order valence-electron chi connectivity index (χ4n) is 5.30. The molecule has 0 aliphatic carbocycles. The maximum absolute atomic E-state index is 13.7. The van der Waals surface area contributed by atoms with Crippen molar-refractivity contribution in [1.29, 1.82) is 0 Å². The van der Waals surface area contributed by atoms with E-state index in [2.05, 4.69) is 21.4 Å². The van der Waals surface area contributed by atoms with E-state index >= 15 is 0 Å². The van der Waals surface area contributed by atoms with Crippen molar-refractivity contribution >= 4 is 55.1 Å². The van der Waals surface area contributed by atoms with Crippen LogP contribution in [-0.2, 0) is 10.0 Å². The molecule has 2 aliphatic rings. The molecule has 5 aromatic rings. The molecule has 0 atom stereocenters. The molecule has 0 unspecified atom stereocenters. The van der Waals surface area contributed by atoms with Crippen LogP contribution in [0.3, 0.4) is 0 Å². The van der Waals surface area contributed by atoms with Crippen molar-refractivity contribution in [2.45, 2.75) is 9.79 Å². The van der Waals surface area contributed by atoms with Gasteiger partial charge in [-0.1, -0.05) is 60.1 Å². The average Bonchev–Trinajstić information content (AvgIpc) is 3.01. The molecule has 1 aromatic heterocycles. The first-order valence-electron chi connectivity index (χ1n) is 13.4. The second-order valence-corrected chi connectivity index (χ2v) is 13.0. The number of sulfonamides is 1. The second-order valence-electron chi connectivity index (χ2n) is 9.97. The van der Waals surface area contributed by atoms with Gasteiger partial charge in [-0.2, -0.15) is 8.42 Å². The summed E-state index contributed by atoms with van der Waals surface area (Å²) >= 11 is 8.14. The van der Waals surface area contributed by atoms with Crippen LogP contribution in [0, 0.1) is 0 Å². The number of amidine groups is 1. The van der Waals surface area contributed by atoms with Gasteiger partial charge >= 0.3 is 0 Å². The van der Waals surface area contributed by atoms with Crippen LogP contribution in [-0.4, -0.2) is 54.2 Å². The van der Waals surface area contributed by atoms with Gasteiger partial charge in [0.25, 0.3) is 15.6 Å². The van der Waals surface area contributed by atoms with Crippen LogP contribution < -0.4 is 10.5 Å². The largest absolute Gasteiger partial charge is 0.368 e. The number of anilines is 1. The van der Waals surface area contributed by atoms with Crippen molar-refractivity contribution in [2.75, 3.05) is 31.1 Å². The summed E-state index contributed by atoms with van der Waals surface area (Å²) in [7, 11) is -4.05. The third-order valence-corrected chi connectivity index (χ3v) is 10.4. The summed E-state index contributed by atoms with van der Waals surface area (Å²) in [6, 6.07) is 29.5. The van der Waals surface area contributed by atoms with Crippen LogP contribution in [0.4, 0.5) is 5.69 Å². The van der Waals surface area contributed by atoms with Gasteiger partial charge in [0.1, 0.15) is 10.7 Å². The third kappa shape index (κ3) is 4.75. The molecule has 0 radical (unpaired) electrons. The lowest BCUT2D eigenvalue weighted by Gasteiger charge is -2.38. The minimum Gasteiger partial charge on any atom is -0.368 e. The third-order valence-electron chi connectivity index (χ3n) is 7.41. The number of hydrogen-bond donors (Lipinski definition) is 0. The van der Waals surface area contributed by atoms with E-state index in [1.165, 1.54) is 22.4 Å². The molecule has 0 spiro atoms. The molecule has 0 N–H and O–H groups in total. The molecular weight excluding hydrogens is 590 g/mol. The van der Waals surface area contributed by atoms with E-state index in [0.717, 1.165) is 18.8 Å². The van der Waals surface area contributed by atoms with E-state index in [9.17, 15) is 13.2 Å². The Hall–Kier alpha value is -4.12. The Morgan fingerprint density at radius 2 is 1.38 bits per heavy atom. The number of rotatable bonds is 3. The van der Waals surface area contributed by atoms with Gasteiger partial charge in [0.2, 0.25) is 0 Å². The number of halogens is 1. The van der Waals surface area contributed by atoms with Crippen LogP contribution in [0.25, 0.3) is 28.0 Å². The Morgan fingerprint density at radius 1 is 0.762 bits per heavy atom. The number of fused-ring (bicyclic) bond motifs is 2. The van der Waals surface area contributed by atoms with Crippen molar-refractivity contribution in [3.63, 3.8) is 0 Å². The van der Waals surface area contributed by atoms with E-state index in [0.29, 0.717) is 50.3 Å². The molecule has 1 saturated heterocycles. The van der Waals surface area contributed by atoms with Crippen LogP contribution in [0.15, 0.2) is 116 Å². The van der Waals surface area contributed by atoms with E-state index in [4.69, 9.17) is 16.6 Å². The fraction of sp³-hybridized carbons (Fsp3) is 0.129. The molecule has 0 bridgehead atoms. The molecule has 2 aliphatic heterocycles. The molecule has 1 fully saturated rings. The predicted molar refractivity (Wildman–Crippen MR) is 168 cm³/mol. The SMILES string of the molecule is O=c1c2ccccc2nc(-c2cc3c(cc2Cl)SC(N2CCN(c4ccccc4)CC2)=NS3(=O)=O)n1-c1ccccc1. The monoisotopic (exact) mass is 613 g/mol. The van der Waals surface area contributed by atoms with Gasteiger partial charge < -0.3 is 9.80 Å². The smallest absolute Gasteiger partial charge is 0.285 e. The zero-order valence-electron chi connectivity index (χ0n) is 22.2. The first kappa shape index (κ1) is 26.8. The van der Waals surface area contributed by atoms with E-state index in [1.54, 1.807) is 42.5 Å². The standard InChI is InChI=1S/C31H24ClN5O3S2/c32-25-20-27-28(42(39,40)34-31(41-27)36-17-15-35(16-18-36)21-9-3-1-4-10-21)19-24(25)29-33-26-14-8-7-13-23(26)30(38)37(29)22-11-5-2-6-12-22/h1-14,19-20H,15-18H2. The minimum atomic E-state index is -4.05. The molecule has 210 valence electrons. The Labute approximate surface area is 252 Å². The van der Waals surface area contributed by atoms with Gasteiger partial charge in [-0.3, -0.25) is 9.36 Å². The lowest BCUT2D eigenvalue weighted by Crippen LogP contribution is -2.48. The Bertz CT molecular complexity index is 2030. The molecule has 0 saturated carbocycles. The highest BCUT2D eigenvalue weighted by atomic mass is 35.5. The normalized spacial score (nSPS) is 16.3. The number of benzene rings is 4. The Balaban J connectivity index is 1.27. The van der Waals surface area contributed by atoms with E-state index in [-0.39, 0.29) is 16.3 Å². The van der Waals surface area contributed by atoms with E-state index < -0.39 is 10.0 Å². The molecule has 7 rings (SSSR count). The second kappa shape index (κ2) is 10.6. The lowest BCUT2D eigenvalue weighted by molar-refractivity contribution is 0.392. The molecular formula is C31H24ClN5O3S2. The maximum atomic E-state index is 13.7. The summed E-state index contributed by atoms with van der Waals surface area (Å²) in [6.45, 7) is 2.78. The number of nitrogens with zero attached hydrogens (tertiary/aromatic N) is 5. The zero-order chi connectivity index (χ0) is 28.8. The van der Waals surface area contributed by atoms with Crippen molar-refractivity contribution in [3.8, 4) is 17.1 Å². The molecule has 11 heteroatoms. The highest BCUT2D eigenvalue weighted by Crippen LogP contribution is 2.41. The molecule has 42 heavy (non-hydrogen) atoms. The average molecular weight is 614 g/mol. The van der Waals surface area contributed by atoms with Crippen LogP contribution in [0.2, 0.25) is 5.02 Å². The van der Waals surface area contributed by atoms with Crippen LogP contribution in [0.1, 0.15) is 0 Å². The van der Waals surface area contributed by atoms with Crippen molar-refractivity contribution in [2.24, 2.45) is 4.40 Å². The van der Waals surface area contributed by atoms with Crippen molar-refractivity contribution < 1.29 is 8.42 Å². The number of hydrogen-bond acceptors (Lipinski definition) is 7. The van der Waals surface area contributed by atoms with Gasteiger partial charge in [-0.05, 0) is 60.3 Å². The van der Waals surface area contributed by atoms with E-state index in [1.807, 2.05) is 41.3 Å². The summed E-state index contributed by atoms with van der Waals surface area (Å²) in [5, 5.41) is 1.17. The molecule has 3 heterocycles. The number of thioether (sulfide) groups is 1. The topological polar surface area (TPSA) is 87.9 Å². The van der Waals surface area contributed by atoms with Crippen LogP contribution in [0.5, 0.6) is 0 Å². The summed E-state index contributed by atoms with van der Waals surface area (Å²) in [4.78, 5) is 23.3. The predicted octanol–water partition coefficient (Wildman–Crippen LogP) is 5.68. The first-order valence-corrected chi connectivity index (χ1v) is 16.0. The zero-order valence-corrected chi connectivity index (χ0v) is 24.6. The number of piperazine rings is 1. The summed E-state index contributed by atoms with van der Waals surface area (Å²) in [5.74, 6) is 0.254. The van der Waals surface area contributed by atoms with Crippen molar-refractivity contribution in [1.82, 2.24) is 14.5 Å².